The molecule has 0 unspecified atom stereocenters. The van der Waals surface area contributed by atoms with Crippen LogP contribution in [-0.4, -0.2) is 16.8 Å². The molecule has 0 fully saturated rings. The van der Waals surface area contributed by atoms with Gasteiger partial charge in [-0.05, 0) is 39.3 Å². The van der Waals surface area contributed by atoms with Crippen LogP contribution in [-0.2, 0) is 0 Å². The van der Waals surface area contributed by atoms with Crippen molar-refractivity contribution in [2.24, 2.45) is 0 Å². The van der Waals surface area contributed by atoms with E-state index in [0.29, 0.717) is 0 Å². The fourth-order valence-electron chi connectivity index (χ4n) is 1.39. The normalized spacial score (nSPS) is 11.3. The summed E-state index contributed by atoms with van der Waals surface area (Å²) in [5.74, 6) is -0.00866. The lowest BCUT2D eigenvalue weighted by Gasteiger charge is -2.24. The molecule has 1 N–H and O–H groups in total. The molecule has 1 aromatic carbocycles. The third kappa shape index (κ3) is 3.34. The fourth-order valence-corrected chi connectivity index (χ4v) is 1.53. The molecular weight excluding hydrogens is 266 g/mol. The monoisotopic (exact) mass is 283 g/mol. The Bertz CT molecular complexity index is 399. The quantitative estimate of drug-likeness (QED) is 0.848. The fraction of sp³-hybridized carbons (Fsp3) is 0.462. The van der Waals surface area contributed by atoms with Gasteiger partial charge in [-0.25, -0.2) is 0 Å². The van der Waals surface area contributed by atoms with Crippen LogP contribution in [0.2, 0.25) is 0 Å². The molecule has 0 atom stereocenters. The zero-order valence-corrected chi connectivity index (χ0v) is 11.8. The van der Waals surface area contributed by atoms with Crippen molar-refractivity contribution < 1.29 is 4.79 Å². The molecule has 1 rings (SSSR count). The molecule has 16 heavy (non-hydrogen) atoms. The second-order valence-electron chi connectivity index (χ2n) is 4.79. The highest BCUT2D eigenvalue weighted by Gasteiger charge is 2.20. The van der Waals surface area contributed by atoms with Crippen LogP contribution >= 0.6 is 15.9 Å². The Hall–Kier alpha value is -0.830. The first-order chi connectivity index (χ1) is 7.35. The SMILES string of the molecule is Cc1ccc(C)c(C(=O)NC(C)(C)CBr)c1. The lowest BCUT2D eigenvalue weighted by Crippen LogP contribution is -2.45. The van der Waals surface area contributed by atoms with Crippen molar-refractivity contribution in [2.75, 3.05) is 5.33 Å². The molecule has 0 heterocycles. The largest absolute Gasteiger partial charge is 0.346 e. The summed E-state index contributed by atoms with van der Waals surface area (Å²) in [5, 5.41) is 3.74. The van der Waals surface area contributed by atoms with Crippen molar-refractivity contribution in [1.29, 1.82) is 0 Å². The molecule has 0 aliphatic carbocycles. The van der Waals surface area contributed by atoms with E-state index in [1.54, 1.807) is 0 Å². The van der Waals surface area contributed by atoms with Gasteiger partial charge >= 0.3 is 0 Å². The third-order valence-corrected chi connectivity index (χ3v) is 3.83. The Labute approximate surface area is 106 Å². The number of amides is 1. The number of aryl methyl sites for hydroxylation is 2. The Kier molecular flexibility index (Phi) is 4.14. The number of hydrogen-bond donors (Lipinski definition) is 1. The summed E-state index contributed by atoms with van der Waals surface area (Å²) in [7, 11) is 0. The number of nitrogens with one attached hydrogen (secondary N) is 1. The van der Waals surface area contributed by atoms with Gasteiger partial charge in [-0.15, -0.1) is 0 Å². The van der Waals surface area contributed by atoms with Crippen LogP contribution in [0.15, 0.2) is 18.2 Å². The van der Waals surface area contributed by atoms with Gasteiger partial charge in [0, 0.05) is 16.4 Å². The summed E-state index contributed by atoms with van der Waals surface area (Å²) < 4.78 is 0. The van der Waals surface area contributed by atoms with Gasteiger partial charge in [0.25, 0.3) is 5.91 Å². The van der Waals surface area contributed by atoms with Crippen LogP contribution in [0, 0.1) is 13.8 Å². The second kappa shape index (κ2) is 5.00. The van der Waals surface area contributed by atoms with E-state index in [1.165, 1.54) is 0 Å². The topological polar surface area (TPSA) is 29.1 Å². The van der Waals surface area contributed by atoms with Crippen LogP contribution in [0.3, 0.4) is 0 Å². The first kappa shape index (κ1) is 13.2. The molecule has 0 aromatic heterocycles. The molecule has 88 valence electrons. The maximum atomic E-state index is 12.1. The maximum Gasteiger partial charge on any atom is 0.251 e. The minimum atomic E-state index is -0.229. The van der Waals surface area contributed by atoms with Gasteiger partial charge in [-0.2, -0.15) is 0 Å². The van der Waals surface area contributed by atoms with Gasteiger partial charge in [0.15, 0.2) is 0 Å². The molecule has 0 saturated heterocycles. The van der Waals surface area contributed by atoms with E-state index < -0.39 is 0 Å². The van der Waals surface area contributed by atoms with Crippen molar-refractivity contribution in [3.63, 3.8) is 0 Å². The molecule has 0 saturated carbocycles. The second-order valence-corrected chi connectivity index (χ2v) is 5.35. The predicted molar refractivity (Wildman–Crippen MR) is 71.3 cm³/mol. The van der Waals surface area contributed by atoms with Gasteiger partial charge in [-0.1, -0.05) is 33.6 Å². The summed E-state index contributed by atoms with van der Waals surface area (Å²) in [5.41, 5.74) is 2.64. The average molecular weight is 284 g/mol. The van der Waals surface area contributed by atoms with E-state index >= 15 is 0 Å². The summed E-state index contributed by atoms with van der Waals surface area (Å²) >= 11 is 3.39. The molecule has 3 heteroatoms. The standard InChI is InChI=1S/C13H18BrNO/c1-9-5-6-10(2)11(7-9)12(16)15-13(3,4)8-14/h5-7H,8H2,1-4H3,(H,15,16). The van der Waals surface area contributed by atoms with Crippen LogP contribution < -0.4 is 5.32 Å². The van der Waals surface area contributed by atoms with Crippen LogP contribution in [0.5, 0.6) is 0 Å². The lowest BCUT2D eigenvalue weighted by atomic mass is 10.0. The summed E-state index contributed by atoms with van der Waals surface area (Å²) in [6.07, 6.45) is 0. The van der Waals surface area contributed by atoms with Crippen molar-refractivity contribution in [1.82, 2.24) is 5.32 Å². The minimum absolute atomic E-state index is 0.00866. The third-order valence-electron chi connectivity index (χ3n) is 2.42. The van der Waals surface area contributed by atoms with E-state index in [0.717, 1.165) is 22.0 Å². The molecule has 0 aliphatic rings. The van der Waals surface area contributed by atoms with E-state index in [4.69, 9.17) is 0 Å². The summed E-state index contributed by atoms with van der Waals surface area (Å²) in [4.78, 5) is 12.1. The summed E-state index contributed by atoms with van der Waals surface area (Å²) in [6, 6.07) is 5.92. The molecular formula is C13H18BrNO. The smallest absolute Gasteiger partial charge is 0.251 e. The molecule has 0 aliphatic heterocycles. The number of alkyl halides is 1. The zero-order valence-electron chi connectivity index (χ0n) is 10.2. The Morgan fingerprint density at radius 1 is 1.38 bits per heavy atom. The molecule has 2 nitrogen and oxygen atoms in total. The highest BCUT2D eigenvalue weighted by atomic mass is 79.9. The maximum absolute atomic E-state index is 12.1. The minimum Gasteiger partial charge on any atom is -0.346 e. The van der Waals surface area contributed by atoms with E-state index in [1.807, 2.05) is 45.9 Å². The Morgan fingerprint density at radius 2 is 2.00 bits per heavy atom. The number of rotatable bonds is 3. The number of hydrogen-bond acceptors (Lipinski definition) is 1. The van der Waals surface area contributed by atoms with E-state index in [9.17, 15) is 4.79 Å². The molecule has 0 spiro atoms. The number of carbonyl (C=O) groups is 1. The van der Waals surface area contributed by atoms with Gasteiger partial charge in [0.2, 0.25) is 0 Å². The molecule has 1 aromatic rings. The van der Waals surface area contributed by atoms with Gasteiger partial charge in [0.1, 0.15) is 0 Å². The lowest BCUT2D eigenvalue weighted by molar-refractivity contribution is 0.0920. The Balaban J connectivity index is 2.93. The van der Waals surface area contributed by atoms with Crippen molar-refractivity contribution in [3.05, 3.63) is 34.9 Å². The summed E-state index contributed by atoms with van der Waals surface area (Å²) in [6.45, 7) is 7.93. The highest BCUT2D eigenvalue weighted by Crippen LogP contribution is 2.13. The number of benzene rings is 1. The van der Waals surface area contributed by atoms with Crippen LogP contribution in [0.1, 0.15) is 35.3 Å². The highest BCUT2D eigenvalue weighted by molar-refractivity contribution is 9.09. The van der Waals surface area contributed by atoms with Gasteiger partial charge in [-0.3, -0.25) is 4.79 Å². The van der Waals surface area contributed by atoms with Crippen LogP contribution in [0.25, 0.3) is 0 Å². The number of carbonyl (C=O) groups excluding carboxylic acids is 1. The first-order valence-electron chi connectivity index (χ1n) is 5.31. The predicted octanol–water partition coefficient (Wildman–Crippen LogP) is 3.21. The van der Waals surface area contributed by atoms with Crippen molar-refractivity contribution in [3.8, 4) is 0 Å². The molecule has 0 radical (unpaired) electrons. The van der Waals surface area contributed by atoms with E-state index in [-0.39, 0.29) is 11.4 Å². The molecule has 1 amide bonds. The van der Waals surface area contributed by atoms with Crippen LogP contribution in [0.4, 0.5) is 0 Å². The Morgan fingerprint density at radius 3 is 2.56 bits per heavy atom. The van der Waals surface area contributed by atoms with Gasteiger partial charge in [0.05, 0.1) is 0 Å². The van der Waals surface area contributed by atoms with Crippen molar-refractivity contribution in [2.45, 2.75) is 33.2 Å². The zero-order chi connectivity index (χ0) is 12.3. The number of halogens is 1. The van der Waals surface area contributed by atoms with E-state index in [2.05, 4.69) is 21.2 Å². The van der Waals surface area contributed by atoms with Gasteiger partial charge < -0.3 is 5.32 Å². The average Bonchev–Trinajstić information content (AvgIpc) is 2.21. The molecule has 0 bridgehead atoms. The van der Waals surface area contributed by atoms with Crippen molar-refractivity contribution >= 4 is 21.8 Å². The first-order valence-corrected chi connectivity index (χ1v) is 6.43.